The lowest BCUT2D eigenvalue weighted by molar-refractivity contribution is 0.659. The van der Waals surface area contributed by atoms with Gasteiger partial charge in [0, 0.05) is 18.1 Å². The number of hydrogen-bond donors (Lipinski definition) is 3. The van der Waals surface area contributed by atoms with E-state index in [4.69, 9.17) is 4.41 Å². The monoisotopic (exact) mass is 292 g/mol. The average molecular weight is 292 g/mol. The minimum Gasteiger partial charge on any atom is -0.300 e. The zero-order chi connectivity index (χ0) is 14.6. The largest absolute Gasteiger partial charge is 0.300 e. The quantitative estimate of drug-likeness (QED) is 0.494. The molecule has 6 heteroatoms. The number of hydrogen-bond acceptors (Lipinski definition) is 1. The normalized spacial score (nSPS) is 13.8. The first-order chi connectivity index (χ1) is 7.96. The SMILES string of the molecule is CC(C)NP(=N[Si](C)(C)C)(NC(C)C)NC(C)C. The summed E-state index contributed by atoms with van der Waals surface area (Å²) in [6.45, 7) is 19.9. The van der Waals surface area contributed by atoms with E-state index in [2.05, 4.69) is 76.4 Å². The summed E-state index contributed by atoms with van der Waals surface area (Å²) in [7, 11) is -3.36. The van der Waals surface area contributed by atoms with Gasteiger partial charge >= 0.3 is 0 Å². The molecule has 0 saturated heterocycles. The molecular weight excluding hydrogens is 259 g/mol. The topological polar surface area (TPSA) is 48.5 Å². The van der Waals surface area contributed by atoms with Crippen LogP contribution in [0.5, 0.6) is 0 Å². The summed E-state index contributed by atoms with van der Waals surface area (Å²) < 4.78 is 5.18. The van der Waals surface area contributed by atoms with Gasteiger partial charge in [0.25, 0.3) is 0 Å². The summed E-state index contributed by atoms with van der Waals surface area (Å²) in [5.41, 5.74) is 0. The Morgan fingerprint density at radius 1 is 0.722 bits per heavy atom. The molecule has 0 unspecified atom stereocenters. The zero-order valence-electron chi connectivity index (χ0n) is 13.6. The Kier molecular flexibility index (Phi) is 7.33. The van der Waals surface area contributed by atoms with E-state index in [0.29, 0.717) is 18.1 Å². The van der Waals surface area contributed by atoms with Crippen molar-refractivity contribution >= 4 is 15.7 Å². The standard InChI is InChI=1S/C12H33N4PSi/c1-10(2)13-17(14-11(3)4,15-12(5)6)16-18(7,8)9/h10-15H,1-9H3. The maximum absolute atomic E-state index is 5.18. The van der Waals surface area contributed by atoms with Crippen LogP contribution in [0.2, 0.25) is 19.6 Å². The molecule has 0 aromatic heterocycles. The van der Waals surface area contributed by atoms with Gasteiger partial charge in [-0.25, -0.2) is 0 Å². The third kappa shape index (κ3) is 8.43. The lowest BCUT2D eigenvalue weighted by Crippen LogP contribution is -2.42. The highest BCUT2D eigenvalue weighted by atomic mass is 31.2. The summed E-state index contributed by atoms with van der Waals surface area (Å²) >= 11 is 0. The summed E-state index contributed by atoms with van der Waals surface area (Å²) in [5.74, 6) is 0. The van der Waals surface area contributed by atoms with Gasteiger partial charge in [0.05, 0.1) is 0 Å². The Morgan fingerprint density at radius 2 is 1.00 bits per heavy atom. The van der Waals surface area contributed by atoms with E-state index < -0.39 is 15.7 Å². The molecule has 3 N–H and O–H groups in total. The minimum atomic E-state index is -1.85. The van der Waals surface area contributed by atoms with Gasteiger partial charge in [-0.05, 0) is 61.2 Å². The van der Waals surface area contributed by atoms with Crippen LogP contribution >= 0.6 is 7.51 Å². The van der Waals surface area contributed by atoms with E-state index in [1.807, 2.05) is 0 Å². The van der Waals surface area contributed by atoms with Crippen LogP contribution < -0.4 is 15.3 Å². The molecule has 0 amide bonds. The van der Waals surface area contributed by atoms with E-state index in [1.165, 1.54) is 0 Å². The second kappa shape index (κ2) is 7.20. The molecule has 0 rings (SSSR count). The predicted octanol–water partition coefficient (Wildman–Crippen LogP) is 3.76. The van der Waals surface area contributed by atoms with Crippen molar-refractivity contribution in [2.24, 2.45) is 4.41 Å². The highest BCUT2D eigenvalue weighted by Crippen LogP contribution is 2.40. The number of nitrogens with zero attached hydrogens (tertiary/aromatic N) is 1. The van der Waals surface area contributed by atoms with Gasteiger partial charge in [0.2, 0.25) is 0 Å². The van der Waals surface area contributed by atoms with Gasteiger partial charge in [-0.2, -0.15) is 0 Å². The van der Waals surface area contributed by atoms with Gasteiger partial charge in [-0.1, -0.05) is 0 Å². The third-order valence-corrected chi connectivity index (χ3v) is 8.06. The van der Waals surface area contributed by atoms with E-state index in [-0.39, 0.29) is 0 Å². The molecule has 0 bridgehead atoms. The second-order valence-corrected chi connectivity index (χ2v) is 13.9. The third-order valence-electron chi connectivity index (χ3n) is 1.79. The zero-order valence-corrected chi connectivity index (χ0v) is 15.5. The molecule has 4 nitrogen and oxygen atoms in total. The molecule has 0 aliphatic carbocycles. The molecule has 0 atom stereocenters. The van der Waals surface area contributed by atoms with Crippen LogP contribution in [0, 0.1) is 0 Å². The maximum atomic E-state index is 5.18. The first kappa shape index (κ1) is 18.3. The second-order valence-electron chi connectivity index (χ2n) is 6.76. The highest BCUT2D eigenvalue weighted by molar-refractivity contribution is 7.61. The highest BCUT2D eigenvalue weighted by Gasteiger charge is 2.26. The Bertz CT molecular complexity index is 262. The summed E-state index contributed by atoms with van der Waals surface area (Å²) in [4.78, 5) is 0. The maximum Gasteiger partial charge on any atom is 0.175 e. The van der Waals surface area contributed by atoms with Crippen LogP contribution in [0.3, 0.4) is 0 Å². The van der Waals surface area contributed by atoms with Crippen LogP contribution in [-0.4, -0.2) is 26.4 Å². The first-order valence-corrected chi connectivity index (χ1v) is 12.1. The predicted molar refractivity (Wildman–Crippen MR) is 87.5 cm³/mol. The lowest BCUT2D eigenvalue weighted by atomic mass is 10.4. The summed E-state index contributed by atoms with van der Waals surface area (Å²) in [6, 6.07) is 1.24. The van der Waals surface area contributed by atoms with E-state index in [0.717, 1.165) is 0 Å². The fraction of sp³-hybridized carbons (Fsp3) is 1.00. The Labute approximate surface area is 115 Å². The van der Waals surface area contributed by atoms with Crippen LogP contribution in [0.15, 0.2) is 4.41 Å². The Morgan fingerprint density at radius 3 is 1.17 bits per heavy atom. The fourth-order valence-electron chi connectivity index (χ4n) is 1.77. The van der Waals surface area contributed by atoms with Gasteiger partial charge in [-0.15, -0.1) is 0 Å². The molecule has 0 spiro atoms. The van der Waals surface area contributed by atoms with Gasteiger partial charge < -0.3 is 0 Å². The molecule has 0 aliphatic heterocycles. The molecule has 110 valence electrons. The molecular formula is C12H33N4PSi. The summed E-state index contributed by atoms with van der Waals surface area (Å²) in [5, 5.41) is 11.0. The molecule has 0 aromatic carbocycles. The van der Waals surface area contributed by atoms with Crippen molar-refractivity contribution in [1.82, 2.24) is 15.3 Å². The van der Waals surface area contributed by atoms with E-state index in [1.54, 1.807) is 0 Å². The van der Waals surface area contributed by atoms with Crippen molar-refractivity contribution < 1.29 is 0 Å². The molecule has 0 heterocycles. The van der Waals surface area contributed by atoms with Gasteiger partial charge in [0.15, 0.2) is 15.7 Å². The van der Waals surface area contributed by atoms with Crippen LogP contribution in [0.1, 0.15) is 41.5 Å². The Balaban J connectivity index is 5.46. The first-order valence-electron chi connectivity index (χ1n) is 6.92. The van der Waals surface area contributed by atoms with Crippen molar-refractivity contribution in [3.63, 3.8) is 0 Å². The van der Waals surface area contributed by atoms with Crippen molar-refractivity contribution in [3.8, 4) is 0 Å². The van der Waals surface area contributed by atoms with Crippen molar-refractivity contribution in [2.75, 3.05) is 0 Å². The van der Waals surface area contributed by atoms with Gasteiger partial charge in [0.1, 0.15) is 0 Å². The fourth-order valence-corrected chi connectivity index (χ4v) is 8.53. The van der Waals surface area contributed by atoms with Crippen LogP contribution in [0.4, 0.5) is 0 Å². The Hall–Kier alpha value is 0.327. The smallest absolute Gasteiger partial charge is 0.175 e. The number of rotatable bonds is 7. The molecule has 0 saturated carbocycles. The van der Waals surface area contributed by atoms with Crippen LogP contribution in [0.25, 0.3) is 0 Å². The number of nitrogens with one attached hydrogen (secondary N) is 3. The molecule has 18 heavy (non-hydrogen) atoms. The lowest BCUT2D eigenvalue weighted by Gasteiger charge is -2.35. The molecule has 0 radical (unpaired) electrons. The van der Waals surface area contributed by atoms with Crippen molar-refractivity contribution in [3.05, 3.63) is 0 Å². The van der Waals surface area contributed by atoms with E-state index >= 15 is 0 Å². The average Bonchev–Trinajstić information content (AvgIpc) is 1.92. The minimum absolute atomic E-state index is 0.413. The van der Waals surface area contributed by atoms with Crippen LogP contribution in [-0.2, 0) is 0 Å². The molecule has 0 aliphatic rings. The van der Waals surface area contributed by atoms with E-state index in [9.17, 15) is 0 Å². The van der Waals surface area contributed by atoms with Crippen molar-refractivity contribution in [1.29, 1.82) is 0 Å². The summed E-state index contributed by atoms with van der Waals surface area (Å²) in [6.07, 6.45) is 0. The molecule has 0 fully saturated rings. The molecule has 0 aromatic rings. The van der Waals surface area contributed by atoms with Crippen molar-refractivity contribution in [2.45, 2.75) is 79.3 Å². The van der Waals surface area contributed by atoms with Gasteiger partial charge in [-0.3, -0.25) is 19.7 Å².